The summed E-state index contributed by atoms with van der Waals surface area (Å²) in [5, 5.41) is 3.37. The van der Waals surface area contributed by atoms with Crippen molar-refractivity contribution in [2.24, 2.45) is 0 Å². The lowest BCUT2D eigenvalue weighted by atomic mass is 10.2. The quantitative estimate of drug-likeness (QED) is 0.926. The van der Waals surface area contributed by atoms with Gasteiger partial charge in [0.1, 0.15) is 0 Å². The summed E-state index contributed by atoms with van der Waals surface area (Å²) >= 11 is 3.53. The molecule has 96 valence electrons. The molecule has 1 aromatic heterocycles. The smallest absolute Gasteiger partial charge is 0.207 e. The summed E-state index contributed by atoms with van der Waals surface area (Å²) in [6.07, 6.45) is 2.05. The molecular formula is C14H18BrN3. The highest BCUT2D eigenvalue weighted by Gasteiger charge is 2.09. The van der Waals surface area contributed by atoms with Crippen LogP contribution < -0.4 is 5.32 Å². The highest BCUT2D eigenvalue weighted by molar-refractivity contribution is 9.10. The molecular weight excluding hydrogens is 290 g/mol. The Morgan fingerprint density at radius 2 is 2.00 bits per heavy atom. The number of nitrogens with zero attached hydrogens (tertiary/aromatic N) is 2. The number of halogens is 1. The van der Waals surface area contributed by atoms with Crippen LogP contribution in [-0.4, -0.2) is 15.6 Å². The van der Waals surface area contributed by atoms with E-state index in [2.05, 4.69) is 69.8 Å². The molecule has 0 bridgehead atoms. The van der Waals surface area contributed by atoms with Gasteiger partial charge in [0.25, 0.3) is 0 Å². The number of rotatable bonds is 3. The van der Waals surface area contributed by atoms with Crippen LogP contribution >= 0.6 is 15.9 Å². The molecule has 0 saturated heterocycles. The Bertz CT molecular complexity index is 558. The van der Waals surface area contributed by atoms with Gasteiger partial charge in [0.2, 0.25) is 5.95 Å². The second-order valence-electron chi connectivity index (χ2n) is 4.81. The van der Waals surface area contributed by atoms with Crippen molar-refractivity contribution in [3.05, 3.63) is 40.1 Å². The van der Waals surface area contributed by atoms with Gasteiger partial charge in [0.15, 0.2) is 0 Å². The molecule has 2 rings (SSSR count). The minimum atomic E-state index is 0.363. The van der Waals surface area contributed by atoms with Crippen molar-refractivity contribution in [3.63, 3.8) is 0 Å². The van der Waals surface area contributed by atoms with Crippen LogP contribution in [0.25, 0.3) is 5.69 Å². The minimum absolute atomic E-state index is 0.363. The SMILES string of the molecule is Cc1cn(-c2ccc(Br)c(C)c2)c(NC(C)C)n1. The fraction of sp³-hybridized carbons (Fsp3) is 0.357. The van der Waals surface area contributed by atoms with Gasteiger partial charge in [0.05, 0.1) is 5.69 Å². The standard InChI is InChI=1S/C14H18BrN3/c1-9(2)16-14-17-11(4)8-18(14)12-5-6-13(15)10(3)7-12/h5-9H,1-4H3,(H,16,17). The molecule has 1 heterocycles. The topological polar surface area (TPSA) is 29.9 Å². The van der Waals surface area contributed by atoms with Crippen LogP contribution in [0.5, 0.6) is 0 Å². The zero-order valence-electron chi connectivity index (χ0n) is 11.2. The first-order chi connectivity index (χ1) is 8.47. The molecule has 0 saturated carbocycles. The summed E-state index contributed by atoms with van der Waals surface area (Å²) in [5.41, 5.74) is 3.35. The van der Waals surface area contributed by atoms with Gasteiger partial charge in [-0.3, -0.25) is 4.57 Å². The molecule has 0 aliphatic rings. The average molecular weight is 308 g/mol. The monoisotopic (exact) mass is 307 g/mol. The molecule has 0 aliphatic heterocycles. The largest absolute Gasteiger partial charge is 0.353 e. The van der Waals surface area contributed by atoms with Crippen LogP contribution in [-0.2, 0) is 0 Å². The summed E-state index contributed by atoms with van der Waals surface area (Å²) in [6.45, 7) is 8.32. The van der Waals surface area contributed by atoms with Crippen LogP contribution in [0.15, 0.2) is 28.9 Å². The molecule has 4 heteroatoms. The molecule has 0 spiro atoms. The van der Waals surface area contributed by atoms with E-state index in [1.54, 1.807) is 0 Å². The van der Waals surface area contributed by atoms with Crippen molar-refractivity contribution in [1.82, 2.24) is 9.55 Å². The average Bonchev–Trinajstić information content (AvgIpc) is 2.62. The number of hydrogen-bond acceptors (Lipinski definition) is 2. The number of aryl methyl sites for hydroxylation is 2. The first-order valence-corrected chi connectivity index (χ1v) is 6.85. The third-order valence-electron chi connectivity index (χ3n) is 2.66. The number of aromatic nitrogens is 2. The first kappa shape index (κ1) is 13.1. The predicted molar refractivity (Wildman–Crippen MR) is 79.5 cm³/mol. The van der Waals surface area contributed by atoms with E-state index in [1.807, 2.05) is 13.1 Å². The van der Waals surface area contributed by atoms with Crippen LogP contribution in [0.4, 0.5) is 5.95 Å². The molecule has 0 aliphatic carbocycles. The summed E-state index contributed by atoms with van der Waals surface area (Å²) < 4.78 is 3.22. The number of anilines is 1. The Morgan fingerprint density at radius 1 is 1.28 bits per heavy atom. The molecule has 0 atom stereocenters. The van der Waals surface area contributed by atoms with E-state index >= 15 is 0 Å². The maximum absolute atomic E-state index is 4.52. The molecule has 0 amide bonds. The zero-order chi connectivity index (χ0) is 13.3. The Hall–Kier alpha value is -1.29. The van der Waals surface area contributed by atoms with Crippen molar-refractivity contribution in [2.45, 2.75) is 33.7 Å². The van der Waals surface area contributed by atoms with E-state index < -0.39 is 0 Å². The number of hydrogen-bond donors (Lipinski definition) is 1. The van der Waals surface area contributed by atoms with Crippen molar-refractivity contribution >= 4 is 21.9 Å². The molecule has 2 aromatic rings. The van der Waals surface area contributed by atoms with Crippen LogP contribution in [0.1, 0.15) is 25.1 Å². The summed E-state index contributed by atoms with van der Waals surface area (Å²) in [7, 11) is 0. The van der Waals surface area contributed by atoms with Crippen LogP contribution in [0, 0.1) is 13.8 Å². The van der Waals surface area contributed by atoms with E-state index in [1.165, 1.54) is 5.56 Å². The van der Waals surface area contributed by atoms with Gasteiger partial charge in [-0.1, -0.05) is 15.9 Å². The van der Waals surface area contributed by atoms with Crippen molar-refractivity contribution in [1.29, 1.82) is 0 Å². The predicted octanol–water partition coefficient (Wildman–Crippen LogP) is 4.07. The van der Waals surface area contributed by atoms with Gasteiger partial charge >= 0.3 is 0 Å². The lowest BCUT2D eigenvalue weighted by Gasteiger charge is -2.13. The molecule has 1 aromatic carbocycles. The number of imidazole rings is 1. The number of nitrogens with one attached hydrogen (secondary N) is 1. The highest BCUT2D eigenvalue weighted by atomic mass is 79.9. The van der Waals surface area contributed by atoms with Gasteiger partial charge < -0.3 is 5.32 Å². The maximum atomic E-state index is 4.52. The van der Waals surface area contributed by atoms with Gasteiger partial charge in [-0.2, -0.15) is 0 Å². The third-order valence-corrected chi connectivity index (χ3v) is 3.55. The summed E-state index contributed by atoms with van der Waals surface area (Å²) in [4.78, 5) is 4.52. The fourth-order valence-electron chi connectivity index (χ4n) is 1.83. The van der Waals surface area contributed by atoms with E-state index in [0.29, 0.717) is 6.04 Å². The molecule has 1 N–H and O–H groups in total. The van der Waals surface area contributed by atoms with E-state index in [9.17, 15) is 0 Å². The van der Waals surface area contributed by atoms with Crippen molar-refractivity contribution in [2.75, 3.05) is 5.32 Å². The number of benzene rings is 1. The van der Waals surface area contributed by atoms with E-state index in [0.717, 1.165) is 21.8 Å². The lowest BCUT2D eigenvalue weighted by molar-refractivity contribution is 0.863. The Kier molecular flexibility index (Phi) is 3.76. The highest BCUT2D eigenvalue weighted by Crippen LogP contribution is 2.22. The minimum Gasteiger partial charge on any atom is -0.353 e. The molecule has 18 heavy (non-hydrogen) atoms. The van der Waals surface area contributed by atoms with E-state index in [4.69, 9.17) is 0 Å². The fourth-order valence-corrected chi connectivity index (χ4v) is 2.08. The Morgan fingerprint density at radius 3 is 2.61 bits per heavy atom. The van der Waals surface area contributed by atoms with Crippen LogP contribution in [0.2, 0.25) is 0 Å². The third kappa shape index (κ3) is 2.75. The zero-order valence-corrected chi connectivity index (χ0v) is 12.7. The van der Waals surface area contributed by atoms with Crippen LogP contribution in [0.3, 0.4) is 0 Å². The van der Waals surface area contributed by atoms with Gasteiger partial charge in [-0.15, -0.1) is 0 Å². The summed E-state index contributed by atoms with van der Waals surface area (Å²) in [6, 6.07) is 6.67. The van der Waals surface area contributed by atoms with E-state index in [-0.39, 0.29) is 0 Å². The first-order valence-electron chi connectivity index (χ1n) is 6.06. The summed E-state index contributed by atoms with van der Waals surface area (Å²) in [5.74, 6) is 0.893. The van der Waals surface area contributed by atoms with Gasteiger partial charge in [-0.05, 0) is 51.5 Å². The van der Waals surface area contributed by atoms with Crippen molar-refractivity contribution < 1.29 is 0 Å². The maximum Gasteiger partial charge on any atom is 0.207 e. The lowest BCUT2D eigenvalue weighted by Crippen LogP contribution is -2.13. The Labute approximate surface area is 116 Å². The van der Waals surface area contributed by atoms with Gasteiger partial charge in [-0.25, -0.2) is 4.98 Å². The molecule has 3 nitrogen and oxygen atoms in total. The molecule has 0 fully saturated rings. The Balaban J connectivity index is 2.45. The normalized spacial score (nSPS) is 11.0. The second-order valence-corrected chi connectivity index (χ2v) is 5.66. The molecule has 0 unspecified atom stereocenters. The molecule has 0 radical (unpaired) electrons. The van der Waals surface area contributed by atoms with Crippen molar-refractivity contribution in [3.8, 4) is 5.69 Å². The second kappa shape index (κ2) is 5.14. The van der Waals surface area contributed by atoms with Gasteiger partial charge in [0, 0.05) is 22.4 Å².